The fourth-order valence-electron chi connectivity index (χ4n) is 1.17. The van der Waals surface area contributed by atoms with Crippen LogP contribution in [0.3, 0.4) is 0 Å². The third-order valence-corrected chi connectivity index (χ3v) is 2.05. The third kappa shape index (κ3) is 3.00. The fourth-order valence-corrected chi connectivity index (χ4v) is 1.17. The van der Waals surface area contributed by atoms with Gasteiger partial charge < -0.3 is 10.4 Å². The van der Waals surface area contributed by atoms with Crippen molar-refractivity contribution < 1.29 is 18.7 Å². The summed E-state index contributed by atoms with van der Waals surface area (Å²) >= 11 is 0. The molecule has 16 heavy (non-hydrogen) atoms. The Hall–Kier alpha value is -1.49. The quantitative estimate of drug-likeness (QED) is 0.822. The van der Waals surface area contributed by atoms with E-state index in [-0.39, 0.29) is 17.7 Å². The first-order valence-electron chi connectivity index (χ1n) is 4.83. The summed E-state index contributed by atoms with van der Waals surface area (Å²) in [5, 5.41) is 11.3. The zero-order chi connectivity index (χ0) is 12.3. The Kier molecular flexibility index (Phi) is 3.95. The first kappa shape index (κ1) is 12.6. The van der Waals surface area contributed by atoms with Gasteiger partial charge in [-0.15, -0.1) is 0 Å². The topological polar surface area (TPSA) is 49.3 Å². The molecule has 5 heteroatoms. The lowest BCUT2D eigenvalue weighted by molar-refractivity contribution is 0.0920. The number of aliphatic hydroxyl groups excluding tert-OH is 1. The molecule has 0 spiro atoms. The maximum absolute atomic E-state index is 13.2. The summed E-state index contributed by atoms with van der Waals surface area (Å²) in [7, 11) is 0. The van der Waals surface area contributed by atoms with Crippen molar-refractivity contribution in [3.63, 3.8) is 0 Å². The summed E-state index contributed by atoms with van der Waals surface area (Å²) in [6, 6.07) is 1.81. The van der Waals surface area contributed by atoms with Crippen LogP contribution in [0.1, 0.15) is 22.8 Å². The number of hydrogen-bond donors (Lipinski definition) is 2. The van der Waals surface area contributed by atoms with Crippen molar-refractivity contribution >= 4 is 5.91 Å². The van der Waals surface area contributed by atoms with Crippen molar-refractivity contribution in [2.75, 3.05) is 6.54 Å². The summed E-state index contributed by atoms with van der Waals surface area (Å²) in [6.07, 6.45) is -0.714. The summed E-state index contributed by atoms with van der Waals surface area (Å²) in [4.78, 5) is 11.4. The number of hydrogen-bond acceptors (Lipinski definition) is 2. The van der Waals surface area contributed by atoms with Crippen LogP contribution in [0, 0.1) is 18.6 Å². The predicted molar refractivity (Wildman–Crippen MR) is 55.1 cm³/mol. The number of benzene rings is 1. The van der Waals surface area contributed by atoms with E-state index in [1.54, 1.807) is 0 Å². The average Bonchev–Trinajstić information content (AvgIpc) is 2.20. The molecule has 1 rings (SSSR count). The Labute approximate surface area is 92.1 Å². The lowest BCUT2D eigenvalue weighted by Gasteiger charge is -2.08. The highest BCUT2D eigenvalue weighted by atomic mass is 19.1. The Morgan fingerprint density at radius 1 is 1.44 bits per heavy atom. The van der Waals surface area contributed by atoms with Crippen LogP contribution in [0.5, 0.6) is 0 Å². The van der Waals surface area contributed by atoms with Gasteiger partial charge in [-0.25, -0.2) is 8.78 Å². The molecule has 0 radical (unpaired) electrons. The number of amides is 1. The second-order valence-corrected chi connectivity index (χ2v) is 3.64. The van der Waals surface area contributed by atoms with Gasteiger partial charge in [0.25, 0.3) is 5.91 Å². The van der Waals surface area contributed by atoms with Gasteiger partial charge in [-0.1, -0.05) is 0 Å². The number of nitrogens with one attached hydrogen (secondary N) is 1. The number of aliphatic hydroxyl groups is 1. The van der Waals surface area contributed by atoms with Gasteiger partial charge in [0.1, 0.15) is 11.6 Å². The van der Waals surface area contributed by atoms with Crippen LogP contribution in [-0.2, 0) is 0 Å². The summed E-state index contributed by atoms with van der Waals surface area (Å²) < 4.78 is 26.2. The molecule has 0 aliphatic heterocycles. The standard InChI is InChI=1S/C11H13F2NO2/c1-6-3-8(10(13)4-9(6)12)11(16)14-5-7(2)15/h3-4,7,15H,5H2,1-2H3,(H,14,16)/t7-/m1/s1. The molecule has 0 fully saturated rings. The number of carbonyl (C=O) groups is 1. The van der Waals surface area contributed by atoms with E-state index in [1.165, 1.54) is 13.8 Å². The van der Waals surface area contributed by atoms with Crippen LogP contribution in [0.15, 0.2) is 12.1 Å². The fraction of sp³-hybridized carbons (Fsp3) is 0.364. The van der Waals surface area contributed by atoms with Gasteiger partial charge in [-0.05, 0) is 25.5 Å². The van der Waals surface area contributed by atoms with E-state index in [0.29, 0.717) is 6.07 Å². The molecule has 0 saturated heterocycles. The van der Waals surface area contributed by atoms with Gasteiger partial charge in [0.05, 0.1) is 11.7 Å². The molecule has 0 heterocycles. The molecule has 0 aromatic heterocycles. The predicted octanol–water partition coefficient (Wildman–Crippen LogP) is 1.38. The minimum absolute atomic E-state index is 0.0225. The Morgan fingerprint density at radius 2 is 2.06 bits per heavy atom. The summed E-state index contributed by atoms with van der Waals surface area (Å²) in [6.45, 7) is 2.96. The number of rotatable bonds is 3. The molecule has 1 aromatic rings. The number of carbonyl (C=O) groups excluding carboxylic acids is 1. The van der Waals surface area contributed by atoms with E-state index in [9.17, 15) is 13.6 Å². The molecule has 0 aliphatic rings. The monoisotopic (exact) mass is 229 g/mol. The van der Waals surface area contributed by atoms with Crippen LogP contribution in [0.2, 0.25) is 0 Å². The highest BCUT2D eigenvalue weighted by Gasteiger charge is 2.14. The van der Waals surface area contributed by atoms with Crippen molar-refractivity contribution in [2.45, 2.75) is 20.0 Å². The molecule has 0 aliphatic carbocycles. The summed E-state index contributed by atoms with van der Waals surface area (Å²) in [5.41, 5.74) is -0.0249. The summed E-state index contributed by atoms with van der Waals surface area (Å²) in [5.74, 6) is -2.27. The lowest BCUT2D eigenvalue weighted by atomic mass is 10.1. The van der Waals surface area contributed by atoms with Crippen LogP contribution in [0.4, 0.5) is 8.78 Å². The average molecular weight is 229 g/mol. The molecular weight excluding hydrogens is 216 g/mol. The molecule has 0 saturated carbocycles. The normalized spacial score (nSPS) is 12.3. The number of aryl methyl sites for hydroxylation is 1. The molecule has 3 nitrogen and oxygen atoms in total. The first-order chi connectivity index (χ1) is 7.41. The van der Waals surface area contributed by atoms with E-state index in [2.05, 4.69) is 5.32 Å². The van der Waals surface area contributed by atoms with E-state index in [1.807, 2.05) is 0 Å². The van der Waals surface area contributed by atoms with E-state index < -0.39 is 23.6 Å². The smallest absolute Gasteiger partial charge is 0.254 e. The Morgan fingerprint density at radius 3 is 2.62 bits per heavy atom. The molecule has 1 amide bonds. The van der Waals surface area contributed by atoms with Crippen LogP contribution < -0.4 is 5.32 Å². The van der Waals surface area contributed by atoms with Gasteiger partial charge in [-0.2, -0.15) is 0 Å². The molecule has 2 N–H and O–H groups in total. The number of halogens is 2. The van der Waals surface area contributed by atoms with Crippen molar-refractivity contribution in [2.24, 2.45) is 0 Å². The SMILES string of the molecule is Cc1cc(C(=O)NC[C@@H](C)O)c(F)cc1F. The molecule has 0 unspecified atom stereocenters. The minimum atomic E-state index is -0.911. The van der Waals surface area contributed by atoms with Gasteiger partial charge in [0.2, 0.25) is 0 Å². The molecule has 0 bridgehead atoms. The van der Waals surface area contributed by atoms with Gasteiger partial charge in [-0.3, -0.25) is 4.79 Å². The largest absolute Gasteiger partial charge is 0.392 e. The highest BCUT2D eigenvalue weighted by molar-refractivity contribution is 5.94. The Balaban J connectivity index is 2.87. The van der Waals surface area contributed by atoms with E-state index in [0.717, 1.165) is 6.07 Å². The zero-order valence-corrected chi connectivity index (χ0v) is 9.05. The second kappa shape index (κ2) is 5.03. The van der Waals surface area contributed by atoms with Gasteiger partial charge >= 0.3 is 0 Å². The second-order valence-electron chi connectivity index (χ2n) is 3.64. The van der Waals surface area contributed by atoms with E-state index >= 15 is 0 Å². The molecule has 1 atom stereocenters. The first-order valence-corrected chi connectivity index (χ1v) is 4.83. The molecule has 88 valence electrons. The van der Waals surface area contributed by atoms with Crippen molar-refractivity contribution in [1.82, 2.24) is 5.32 Å². The Bertz CT molecular complexity index is 405. The molecule has 1 aromatic carbocycles. The van der Waals surface area contributed by atoms with Gasteiger partial charge in [0.15, 0.2) is 0 Å². The van der Waals surface area contributed by atoms with Gasteiger partial charge in [0, 0.05) is 12.6 Å². The van der Waals surface area contributed by atoms with E-state index in [4.69, 9.17) is 5.11 Å². The van der Waals surface area contributed by atoms with Crippen molar-refractivity contribution in [1.29, 1.82) is 0 Å². The third-order valence-electron chi connectivity index (χ3n) is 2.05. The van der Waals surface area contributed by atoms with Crippen LogP contribution in [0.25, 0.3) is 0 Å². The van der Waals surface area contributed by atoms with Crippen LogP contribution in [-0.4, -0.2) is 23.7 Å². The molecular formula is C11H13F2NO2. The van der Waals surface area contributed by atoms with Crippen molar-refractivity contribution in [3.8, 4) is 0 Å². The maximum atomic E-state index is 13.2. The van der Waals surface area contributed by atoms with Crippen LogP contribution >= 0.6 is 0 Å². The van der Waals surface area contributed by atoms with Crippen molar-refractivity contribution in [3.05, 3.63) is 34.9 Å². The highest BCUT2D eigenvalue weighted by Crippen LogP contribution is 2.13. The minimum Gasteiger partial charge on any atom is -0.392 e. The zero-order valence-electron chi connectivity index (χ0n) is 9.05. The maximum Gasteiger partial charge on any atom is 0.254 e. The lowest BCUT2D eigenvalue weighted by Crippen LogP contribution is -2.31.